The number of benzene rings is 1. The molecular formula is C33H38N14O5. The van der Waals surface area contributed by atoms with E-state index in [1.54, 1.807) is 41.3 Å². The van der Waals surface area contributed by atoms with E-state index in [4.69, 9.17) is 22.9 Å². The lowest BCUT2D eigenvalue weighted by Crippen LogP contribution is -2.31. The van der Waals surface area contributed by atoms with E-state index in [1.807, 2.05) is 6.92 Å². The van der Waals surface area contributed by atoms with Crippen LogP contribution in [0, 0.1) is 6.92 Å². The van der Waals surface area contributed by atoms with E-state index in [9.17, 15) is 24.3 Å². The number of imidazole rings is 2. The van der Waals surface area contributed by atoms with E-state index in [0.717, 1.165) is 0 Å². The summed E-state index contributed by atoms with van der Waals surface area (Å²) < 4.78 is 4.69. The van der Waals surface area contributed by atoms with E-state index >= 15 is 0 Å². The first-order chi connectivity index (χ1) is 24.7. The van der Waals surface area contributed by atoms with E-state index in [0.29, 0.717) is 29.1 Å². The molecule has 0 saturated carbocycles. The Kier molecular flexibility index (Phi) is 10.3. The van der Waals surface area contributed by atoms with Gasteiger partial charge in [-0.2, -0.15) is 5.10 Å². The number of nitrogens with two attached hydrogens (primary N) is 4. The molecule has 0 atom stereocenters. The van der Waals surface area contributed by atoms with Crippen LogP contribution < -0.4 is 33.6 Å². The second-order valence-electron chi connectivity index (χ2n) is 11.5. The predicted octanol–water partition coefficient (Wildman–Crippen LogP) is 1.27. The highest BCUT2D eigenvalue weighted by Gasteiger charge is 2.23. The number of nitrogens with one attached hydrogen (secondary N) is 2. The Morgan fingerprint density at radius 2 is 1.52 bits per heavy atom. The lowest BCUT2D eigenvalue weighted by Gasteiger charge is -2.12. The Hall–Kier alpha value is -7.05. The number of aromatic hydroxyl groups is 1. The van der Waals surface area contributed by atoms with Crippen molar-refractivity contribution in [3.05, 3.63) is 76.5 Å². The number of allylic oxidation sites excluding steroid dienone is 3. The summed E-state index contributed by atoms with van der Waals surface area (Å²) in [5.74, 6) is -2.81. The molecule has 270 valence electrons. The second kappa shape index (κ2) is 14.8. The van der Waals surface area contributed by atoms with Crippen molar-refractivity contribution in [1.82, 2.24) is 33.9 Å². The van der Waals surface area contributed by atoms with Crippen LogP contribution in [0.1, 0.15) is 57.7 Å². The molecule has 0 aliphatic rings. The molecule has 4 aromatic heterocycles. The van der Waals surface area contributed by atoms with Crippen molar-refractivity contribution in [2.75, 3.05) is 17.2 Å². The molecule has 0 fully saturated rings. The van der Waals surface area contributed by atoms with Gasteiger partial charge in [0.2, 0.25) is 23.7 Å². The van der Waals surface area contributed by atoms with Crippen LogP contribution >= 0.6 is 0 Å². The third-order valence-electron chi connectivity index (χ3n) is 7.81. The predicted molar refractivity (Wildman–Crippen MR) is 193 cm³/mol. The third kappa shape index (κ3) is 7.27. The maximum Gasteiger partial charge on any atom is 0.278 e. The van der Waals surface area contributed by atoms with E-state index in [-0.39, 0.29) is 76.5 Å². The van der Waals surface area contributed by atoms with Gasteiger partial charge in [-0.25, -0.2) is 15.0 Å². The summed E-state index contributed by atoms with van der Waals surface area (Å²) in [6.45, 7) is 7.77. The van der Waals surface area contributed by atoms with Crippen LogP contribution in [0.15, 0.2) is 59.0 Å². The standard InChI is InChI=1S/C33H38N14O5/c1-5-38-25(24(35)17(4)34)31(52)43-32-40-20-12-18(27(36)49)14-23(48)26(20)45(32)9-7-8-10-46-29-21(13-19(15-39-29)28(37)50)41-33(46)42-30(51)22-11-16(3)44-47(22)6-2/h7-8,11-15,48H,5-6,9-10,34-35H2,1-4H3,(H2,36,49)(H2,37,50)(H,40,43,52)(H,41,42,51)/b8-7+,24-17+,38-25?. The van der Waals surface area contributed by atoms with Gasteiger partial charge >= 0.3 is 0 Å². The molecule has 0 unspecified atom stereocenters. The molecule has 4 heterocycles. The van der Waals surface area contributed by atoms with Crippen molar-refractivity contribution in [2.45, 2.75) is 47.3 Å². The van der Waals surface area contributed by atoms with Crippen LogP contribution in [0.2, 0.25) is 0 Å². The van der Waals surface area contributed by atoms with Crippen LogP contribution in [0.25, 0.3) is 22.2 Å². The first kappa shape index (κ1) is 36.2. The summed E-state index contributed by atoms with van der Waals surface area (Å²) in [6.07, 6.45) is 4.76. The van der Waals surface area contributed by atoms with E-state index in [1.165, 1.54) is 35.9 Å². The molecule has 52 heavy (non-hydrogen) atoms. The Balaban J connectivity index is 1.51. The SMILES string of the molecule is CCN=C(C(=O)Nc1nc2cc(C(N)=O)cc(O)c2n1C/C=C/Cn1c(NC(=O)c2cc(C)nn2CC)nc2cc(C(N)=O)cnc21)/C(N)=C(/C)N. The minimum atomic E-state index is -0.785. The molecule has 1 aromatic carbocycles. The number of primary amides is 2. The first-order valence-electron chi connectivity index (χ1n) is 16.0. The van der Waals surface area contributed by atoms with Gasteiger partial charge in [-0.3, -0.25) is 44.1 Å². The molecular weight excluding hydrogens is 672 g/mol. The number of rotatable bonds is 13. The number of aromatic nitrogens is 7. The number of phenols is 1. The van der Waals surface area contributed by atoms with Crippen molar-refractivity contribution in [2.24, 2.45) is 27.9 Å². The van der Waals surface area contributed by atoms with E-state index in [2.05, 4.69) is 35.7 Å². The number of aliphatic imine (C=N–C) groups is 1. The summed E-state index contributed by atoms with van der Waals surface area (Å²) in [6, 6.07) is 5.71. The maximum atomic E-state index is 13.4. The Bertz CT molecular complexity index is 2340. The van der Waals surface area contributed by atoms with Crippen LogP contribution in [-0.2, 0) is 24.4 Å². The Morgan fingerprint density at radius 3 is 2.15 bits per heavy atom. The topological polar surface area (TPSA) is 295 Å². The molecule has 0 saturated heterocycles. The first-order valence-corrected chi connectivity index (χ1v) is 16.0. The average Bonchev–Trinajstić information content (AvgIpc) is 3.76. The van der Waals surface area contributed by atoms with Crippen LogP contribution in [0.3, 0.4) is 0 Å². The van der Waals surface area contributed by atoms with Gasteiger partial charge in [-0.15, -0.1) is 0 Å². The zero-order valence-electron chi connectivity index (χ0n) is 28.8. The lowest BCUT2D eigenvalue weighted by molar-refractivity contribution is -0.110. The molecule has 11 N–H and O–H groups in total. The number of amides is 4. The summed E-state index contributed by atoms with van der Waals surface area (Å²) in [4.78, 5) is 68.1. The number of anilines is 2. The van der Waals surface area contributed by atoms with Crippen LogP contribution in [-0.4, -0.2) is 74.9 Å². The van der Waals surface area contributed by atoms with Crippen molar-refractivity contribution < 1.29 is 24.3 Å². The number of phenolic OH excluding ortho intramolecular Hbond substituents is 1. The van der Waals surface area contributed by atoms with Gasteiger partial charge in [-0.05, 0) is 52.0 Å². The minimum Gasteiger partial charge on any atom is -0.506 e. The molecule has 0 aliphatic heterocycles. The number of carbonyl (C=O) groups excluding carboxylic acids is 4. The maximum absolute atomic E-state index is 13.4. The highest BCUT2D eigenvalue weighted by Crippen LogP contribution is 2.30. The molecule has 0 aliphatic carbocycles. The largest absolute Gasteiger partial charge is 0.506 e. The molecule has 19 nitrogen and oxygen atoms in total. The van der Waals surface area contributed by atoms with Gasteiger partial charge in [0.25, 0.3) is 11.8 Å². The molecule has 19 heteroatoms. The molecule has 0 spiro atoms. The summed E-state index contributed by atoms with van der Waals surface area (Å²) in [5.41, 5.74) is 25.1. The molecule has 5 rings (SSSR count). The zero-order chi connectivity index (χ0) is 37.9. The van der Waals surface area contributed by atoms with Crippen molar-refractivity contribution in [1.29, 1.82) is 0 Å². The van der Waals surface area contributed by atoms with Gasteiger partial charge in [-0.1, -0.05) is 12.2 Å². The van der Waals surface area contributed by atoms with Gasteiger partial charge in [0, 0.05) is 43.6 Å². The summed E-state index contributed by atoms with van der Waals surface area (Å²) in [5, 5.41) is 20.8. The fourth-order valence-corrected chi connectivity index (χ4v) is 5.36. The highest BCUT2D eigenvalue weighted by molar-refractivity contribution is 6.48. The number of fused-ring (bicyclic) bond motifs is 2. The zero-order valence-corrected chi connectivity index (χ0v) is 28.8. The second-order valence-corrected chi connectivity index (χ2v) is 11.5. The molecule has 5 aromatic rings. The Labute approximate surface area is 296 Å². The summed E-state index contributed by atoms with van der Waals surface area (Å²) >= 11 is 0. The van der Waals surface area contributed by atoms with Crippen molar-refractivity contribution >= 4 is 63.4 Å². The number of carbonyl (C=O) groups is 4. The highest BCUT2D eigenvalue weighted by atomic mass is 16.3. The monoisotopic (exact) mass is 710 g/mol. The van der Waals surface area contributed by atoms with Crippen LogP contribution in [0.5, 0.6) is 5.75 Å². The van der Waals surface area contributed by atoms with Gasteiger partial charge in [0.05, 0.1) is 22.5 Å². The Morgan fingerprint density at radius 1 is 0.885 bits per heavy atom. The van der Waals surface area contributed by atoms with Crippen molar-refractivity contribution in [3.8, 4) is 5.75 Å². The van der Waals surface area contributed by atoms with Gasteiger partial charge in [0.1, 0.15) is 28.2 Å². The number of pyridine rings is 1. The fraction of sp³-hybridized carbons (Fsp3) is 0.242. The number of hydrogen-bond acceptors (Lipinski definition) is 12. The smallest absolute Gasteiger partial charge is 0.278 e. The molecule has 0 bridgehead atoms. The van der Waals surface area contributed by atoms with Crippen molar-refractivity contribution in [3.63, 3.8) is 0 Å². The molecule has 0 radical (unpaired) electrons. The minimum absolute atomic E-state index is 0.00245. The third-order valence-corrected chi connectivity index (χ3v) is 7.81. The van der Waals surface area contributed by atoms with E-state index < -0.39 is 23.6 Å². The average molecular weight is 711 g/mol. The van der Waals surface area contributed by atoms with Gasteiger partial charge in [0.15, 0.2) is 5.65 Å². The fourth-order valence-electron chi connectivity index (χ4n) is 5.36. The lowest BCUT2D eigenvalue weighted by atomic mass is 10.1. The quantitative estimate of drug-likeness (QED) is 0.0674. The number of hydrogen-bond donors (Lipinski definition) is 7. The van der Waals surface area contributed by atoms with Gasteiger partial charge < -0.3 is 32.6 Å². The number of aryl methyl sites for hydroxylation is 2. The van der Waals surface area contributed by atoms with Crippen LogP contribution in [0.4, 0.5) is 11.9 Å². The summed E-state index contributed by atoms with van der Waals surface area (Å²) in [7, 11) is 0. The molecule has 4 amide bonds. The normalized spacial score (nSPS) is 12.4. The number of nitrogens with zero attached hydrogens (tertiary/aromatic N) is 8.